The lowest BCUT2D eigenvalue weighted by molar-refractivity contribution is -0.133. The van der Waals surface area contributed by atoms with Gasteiger partial charge in [0.2, 0.25) is 5.91 Å². The number of hydrogen-bond acceptors (Lipinski definition) is 4. The van der Waals surface area contributed by atoms with Crippen molar-refractivity contribution in [3.63, 3.8) is 0 Å². The Bertz CT molecular complexity index is 254. The van der Waals surface area contributed by atoms with Gasteiger partial charge in [0, 0.05) is 50.7 Å². The van der Waals surface area contributed by atoms with E-state index in [2.05, 4.69) is 5.32 Å². The molecule has 1 unspecified atom stereocenters. The van der Waals surface area contributed by atoms with Crippen molar-refractivity contribution >= 4 is 30.1 Å². The number of hydrogen-bond donors (Lipinski definition) is 1. The number of ether oxygens (including phenoxy) is 1. The number of carbonyl (C=O) groups excluding carboxylic acids is 1. The monoisotopic (exact) mass is 294 g/mol. The SMILES string of the molecule is COC1CCN(C(=O)CC2CSCCN2)CC1.Cl. The van der Waals surface area contributed by atoms with Crippen molar-refractivity contribution in [2.45, 2.75) is 31.4 Å². The van der Waals surface area contributed by atoms with E-state index in [4.69, 9.17) is 4.74 Å². The molecular formula is C12H23ClN2O2S. The predicted molar refractivity (Wildman–Crippen MR) is 77.6 cm³/mol. The Balaban J connectivity index is 0.00000162. The molecule has 1 N–H and O–H groups in total. The van der Waals surface area contributed by atoms with Crippen molar-refractivity contribution in [1.82, 2.24) is 10.2 Å². The van der Waals surface area contributed by atoms with Crippen LogP contribution in [0.4, 0.5) is 0 Å². The first kappa shape index (κ1) is 16.1. The Morgan fingerprint density at radius 3 is 2.72 bits per heavy atom. The van der Waals surface area contributed by atoms with Crippen LogP contribution in [-0.2, 0) is 9.53 Å². The summed E-state index contributed by atoms with van der Waals surface area (Å²) in [5.41, 5.74) is 0. The summed E-state index contributed by atoms with van der Waals surface area (Å²) in [6, 6.07) is 0.376. The quantitative estimate of drug-likeness (QED) is 0.848. The third-order valence-corrected chi connectivity index (χ3v) is 4.68. The smallest absolute Gasteiger partial charge is 0.224 e. The first-order chi connectivity index (χ1) is 8.29. The summed E-state index contributed by atoms with van der Waals surface area (Å²) in [5, 5.41) is 3.42. The molecule has 1 atom stereocenters. The standard InChI is InChI=1S/C12H22N2O2S.ClH/c1-16-11-2-5-14(6-3-11)12(15)8-10-9-17-7-4-13-10;/h10-11,13H,2-9H2,1H3;1H. The van der Waals surface area contributed by atoms with Gasteiger partial charge in [-0.15, -0.1) is 12.4 Å². The zero-order valence-electron chi connectivity index (χ0n) is 10.9. The van der Waals surface area contributed by atoms with E-state index in [1.807, 2.05) is 16.7 Å². The van der Waals surface area contributed by atoms with E-state index >= 15 is 0 Å². The van der Waals surface area contributed by atoms with E-state index in [0.29, 0.717) is 24.5 Å². The van der Waals surface area contributed by atoms with Gasteiger partial charge in [0.1, 0.15) is 0 Å². The summed E-state index contributed by atoms with van der Waals surface area (Å²) in [5.74, 6) is 2.55. The molecule has 0 aromatic rings. The Morgan fingerprint density at radius 1 is 1.44 bits per heavy atom. The van der Waals surface area contributed by atoms with Gasteiger partial charge in [-0.1, -0.05) is 0 Å². The van der Waals surface area contributed by atoms with Gasteiger partial charge in [0.15, 0.2) is 0 Å². The van der Waals surface area contributed by atoms with E-state index in [-0.39, 0.29) is 12.4 Å². The molecule has 2 heterocycles. The number of methoxy groups -OCH3 is 1. The minimum absolute atomic E-state index is 0. The number of amides is 1. The molecule has 2 aliphatic rings. The molecule has 0 aromatic carbocycles. The summed E-state index contributed by atoms with van der Waals surface area (Å²) in [4.78, 5) is 14.1. The van der Waals surface area contributed by atoms with Gasteiger partial charge in [0.25, 0.3) is 0 Å². The number of nitrogens with one attached hydrogen (secondary N) is 1. The van der Waals surface area contributed by atoms with Crippen LogP contribution in [0.25, 0.3) is 0 Å². The summed E-state index contributed by atoms with van der Waals surface area (Å²) >= 11 is 1.94. The zero-order chi connectivity index (χ0) is 12.1. The summed E-state index contributed by atoms with van der Waals surface area (Å²) in [6.45, 7) is 2.75. The van der Waals surface area contributed by atoms with Crippen LogP contribution in [-0.4, -0.2) is 61.2 Å². The maximum absolute atomic E-state index is 12.1. The molecule has 1 amide bonds. The minimum atomic E-state index is 0. The fraction of sp³-hybridized carbons (Fsp3) is 0.917. The van der Waals surface area contributed by atoms with E-state index in [0.717, 1.165) is 38.2 Å². The molecule has 2 fully saturated rings. The van der Waals surface area contributed by atoms with E-state index in [1.54, 1.807) is 7.11 Å². The van der Waals surface area contributed by atoms with Crippen molar-refractivity contribution in [2.75, 3.05) is 38.2 Å². The molecule has 0 aliphatic carbocycles. The number of halogens is 1. The number of nitrogens with zero attached hydrogens (tertiary/aromatic N) is 1. The van der Waals surface area contributed by atoms with Crippen LogP contribution in [0.2, 0.25) is 0 Å². The molecule has 2 saturated heterocycles. The van der Waals surface area contributed by atoms with Crippen LogP contribution in [0.5, 0.6) is 0 Å². The van der Waals surface area contributed by atoms with Gasteiger partial charge in [-0.25, -0.2) is 0 Å². The second kappa shape index (κ2) is 8.25. The van der Waals surface area contributed by atoms with Crippen molar-refractivity contribution in [2.24, 2.45) is 0 Å². The van der Waals surface area contributed by atoms with Gasteiger partial charge in [-0.3, -0.25) is 4.79 Å². The molecule has 0 radical (unpaired) electrons. The molecule has 2 rings (SSSR count). The van der Waals surface area contributed by atoms with E-state index in [1.165, 1.54) is 5.75 Å². The van der Waals surface area contributed by atoms with Crippen LogP contribution in [0.1, 0.15) is 19.3 Å². The summed E-state index contributed by atoms with van der Waals surface area (Å²) in [7, 11) is 1.76. The highest BCUT2D eigenvalue weighted by Gasteiger charge is 2.25. The third kappa shape index (κ3) is 4.61. The fourth-order valence-corrected chi connectivity index (χ4v) is 3.38. The minimum Gasteiger partial charge on any atom is -0.381 e. The number of rotatable bonds is 3. The molecule has 4 nitrogen and oxygen atoms in total. The topological polar surface area (TPSA) is 41.6 Å². The van der Waals surface area contributed by atoms with Gasteiger partial charge in [0.05, 0.1) is 6.10 Å². The Hall–Kier alpha value is 0.0300. The first-order valence-corrected chi connectivity index (χ1v) is 7.56. The molecule has 2 aliphatic heterocycles. The van der Waals surface area contributed by atoms with Crippen molar-refractivity contribution in [3.8, 4) is 0 Å². The number of likely N-dealkylation sites (tertiary alicyclic amines) is 1. The largest absolute Gasteiger partial charge is 0.381 e. The van der Waals surface area contributed by atoms with Gasteiger partial charge >= 0.3 is 0 Å². The predicted octanol–water partition coefficient (Wildman–Crippen LogP) is 1.14. The lowest BCUT2D eigenvalue weighted by Crippen LogP contribution is -2.45. The van der Waals surface area contributed by atoms with Gasteiger partial charge < -0.3 is 15.0 Å². The highest BCUT2D eigenvalue weighted by molar-refractivity contribution is 7.99. The second-order valence-electron chi connectivity index (χ2n) is 4.75. The molecule has 18 heavy (non-hydrogen) atoms. The van der Waals surface area contributed by atoms with Crippen LogP contribution < -0.4 is 5.32 Å². The Morgan fingerprint density at radius 2 is 2.17 bits per heavy atom. The molecule has 0 aromatic heterocycles. The van der Waals surface area contributed by atoms with E-state index < -0.39 is 0 Å². The zero-order valence-corrected chi connectivity index (χ0v) is 12.5. The molecule has 0 spiro atoms. The fourth-order valence-electron chi connectivity index (χ4n) is 2.43. The van der Waals surface area contributed by atoms with Crippen LogP contribution in [0.15, 0.2) is 0 Å². The molecule has 6 heteroatoms. The highest BCUT2D eigenvalue weighted by Crippen LogP contribution is 2.16. The maximum atomic E-state index is 12.1. The van der Waals surface area contributed by atoms with Gasteiger partial charge in [-0.2, -0.15) is 11.8 Å². The van der Waals surface area contributed by atoms with E-state index in [9.17, 15) is 4.79 Å². The molecule has 0 bridgehead atoms. The number of piperidine rings is 1. The lowest BCUT2D eigenvalue weighted by atomic mass is 10.1. The third-order valence-electron chi connectivity index (χ3n) is 3.55. The maximum Gasteiger partial charge on any atom is 0.224 e. The Kier molecular flexibility index (Phi) is 7.37. The molecule has 106 valence electrons. The summed E-state index contributed by atoms with van der Waals surface area (Å²) < 4.78 is 5.32. The first-order valence-electron chi connectivity index (χ1n) is 6.41. The Labute approximate surface area is 120 Å². The average Bonchev–Trinajstić information content (AvgIpc) is 2.40. The lowest BCUT2D eigenvalue weighted by Gasteiger charge is -2.33. The summed E-state index contributed by atoms with van der Waals surface area (Å²) in [6.07, 6.45) is 2.97. The van der Waals surface area contributed by atoms with Crippen LogP contribution in [0, 0.1) is 0 Å². The van der Waals surface area contributed by atoms with Crippen molar-refractivity contribution in [1.29, 1.82) is 0 Å². The van der Waals surface area contributed by atoms with Gasteiger partial charge in [-0.05, 0) is 12.8 Å². The molecular weight excluding hydrogens is 272 g/mol. The highest BCUT2D eigenvalue weighted by atomic mass is 35.5. The number of thioether (sulfide) groups is 1. The van der Waals surface area contributed by atoms with Crippen molar-refractivity contribution < 1.29 is 9.53 Å². The average molecular weight is 295 g/mol. The van der Waals surface area contributed by atoms with Crippen LogP contribution >= 0.6 is 24.2 Å². The second-order valence-corrected chi connectivity index (χ2v) is 5.90. The normalized spacial score (nSPS) is 25.6. The number of carbonyl (C=O) groups is 1. The van der Waals surface area contributed by atoms with Crippen molar-refractivity contribution in [3.05, 3.63) is 0 Å². The molecule has 0 saturated carbocycles. The van der Waals surface area contributed by atoms with Crippen LogP contribution in [0.3, 0.4) is 0 Å².